The van der Waals surface area contributed by atoms with E-state index in [-0.39, 0.29) is 0 Å². The fourth-order valence-corrected chi connectivity index (χ4v) is 2.71. The van der Waals surface area contributed by atoms with Crippen molar-refractivity contribution < 1.29 is 4.74 Å². The fourth-order valence-electron chi connectivity index (χ4n) is 1.50. The van der Waals surface area contributed by atoms with Gasteiger partial charge in [-0.1, -0.05) is 18.7 Å². The van der Waals surface area contributed by atoms with E-state index >= 15 is 0 Å². The molecule has 20 heavy (non-hydrogen) atoms. The van der Waals surface area contributed by atoms with Gasteiger partial charge in [0, 0.05) is 17.6 Å². The van der Waals surface area contributed by atoms with Crippen LogP contribution >= 0.6 is 27.7 Å². The molecule has 6 heteroatoms. The topological polar surface area (TPSA) is 47.0 Å². The minimum atomic E-state index is 0.658. The molecule has 1 heterocycles. The van der Waals surface area contributed by atoms with Gasteiger partial charge in [0.1, 0.15) is 10.8 Å². The monoisotopic (exact) mass is 353 g/mol. The summed E-state index contributed by atoms with van der Waals surface area (Å²) in [5.74, 6) is 1.51. The first kappa shape index (κ1) is 15.1. The maximum atomic E-state index is 5.15. The van der Waals surface area contributed by atoms with Gasteiger partial charge in [0.15, 0.2) is 0 Å². The number of anilines is 1. The van der Waals surface area contributed by atoms with Gasteiger partial charge in [-0.15, -0.1) is 0 Å². The van der Waals surface area contributed by atoms with Crippen LogP contribution in [0.1, 0.15) is 13.3 Å². The maximum Gasteiger partial charge on any atom is 0.223 e. The van der Waals surface area contributed by atoms with E-state index in [0.717, 1.165) is 33.1 Å². The highest BCUT2D eigenvalue weighted by Gasteiger charge is 2.07. The molecular weight excluding hydrogens is 338 g/mol. The minimum Gasteiger partial charge on any atom is -0.497 e. The smallest absolute Gasteiger partial charge is 0.223 e. The van der Waals surface area contributed by atoms with Crippen LogP contribution < -0.4 is 10.1 Å². The molecule has 0 spiro atoms. The van der Waals surface area contributed by atoms with Gasteiger partial charge in [-0.3, -0.25) is 0 Å². The zero-order chi connectivity index (χ0) is 14.4. The van der Waals surface area contributed by atoms with E-state index in [1.807, 2.05) is 24.3 Å². The number of ether oxygens (including phenoxy) is 1. The average Bonchev–Trinajstić information content (AvgIpc) is 2.49. The molecule has 4 nitrogen and oxygen atoms in total. The van der Waals surface area contributed by atoms with Crippen LogP contribution in [0.25, 0.3) is 0 Å². The predicted octanol–water partition coefficient (Wildman–Crippen LogP) is 4.22. The normalized spacial score (nSPS) is 10.3. The number of benzene rings is 1. The molecule has 0 amide bonds. The van der Waals surface area contributed by atoms with Gasteiger partial charge in [0.25, 0.3) is 0 Å². The molecule has 0 bridgehead atoms. The molecule has 0 saturated carbocycles. The Hall–Kier alpha value is -1.27. The van der Waals surface area contributed by atoms with Crippen molar-refractivity contribution in [2.24, 2.45) is 0 Å². The standard InChI is InChI=1S/C14H16BrN3OS/c1-3-8-16-14-17-9-12(15)13(18-14)20-11-6-4-10(19-2)5-7-11/h4-7,9H,3,8H2,1-2H3,(H,16,17,18). The summed E-state index contributed by atoms with van der Waals surface area (Å²) in [4.78, 5) is 9.86. The number of rotatable bonds is 6. The van der Waals surface area contributed by atoms with Crippen molar-refractivity contribution in [2.45, 2.75) is 23.3 Å². The second kappa shape index (κ2) is 7.50. The van der Waals surface area contributed by atoms with E-state index in [4.69, 9.17) is 4.74 Å². The first-order valence-electron chi connectivity index (χ1n) is 6.31. The van der Waals surface area contributed by atoms with Crippen molar-refractivity contribution in [2.75, 3.05) is 19.0 Å². The quantitative estimate of drug-likeness (QED) is 0.787. The molecule has 1 N–H and O–H groups in total. The Labute approximate surface area is 131 Å². The SMILES string of the molecule is CCCNc1ncc(Br)c(Sc2ccc(OC)cc2)n1. The van der Waals surface area contributed by atoms with Gasteiger partial charge in [-0.2, -0.15) is 0 Å². The largest absolute Gasteiger partial charge is 0.497 e. The lowest BCUT2D eigenvalue weighted by Gasteiger charge is -2.07. The predicted molar refractivity (Wildman–Crippen MR) is 85.6 cm³/mol. The van der Waals surface area contributed by atoms with Gasteiger partial charge in [-0.25, -0.2) is 9.97 Å². The van der Waals surface area contributed by atoms with E-state index in [1.54, 1.807) is 25.1 Å². The lowest BCUT2D eigenvalue weighted by Crippen LogP contribution is -2.04. The highest BCUT2D eigenvalue weighted by Crippen LogP contribution is 2.32. The molecule has 1 aromatic carbocycles. The van der Waals surface area contributed by atoms with Crippen LogP contribution in [0.4, 0.5) is 5.95 Å². The lowest BCUT2D eigenvalue weighted by molar-refractivity contribution is 0.414. The number of nitrogens with zero attached hydrogens (tertiary/aromatic N) is 2. The van der Waals surface area contributed by atoms with Crippen molar-refractivity contribution >= 4 is 33.6 Å². The molecule has 0 saturated heterocycles. The zero-order valence-corrected chi connectivity index (χ0v) is 13.8. The van der Waals surface area contributed by atoms with Crippen LogP contribution in [-0.4, -0.2) is 23.6 Å². The van der Waals surface area contributed by atoms with Gasteiger partial charge in [0.05, 0.1) is 11.6 Å². The van der Waals surface area contributed by atoms with Crippen molar-refractivity contribution in [3.8, 4) is 5.75 Å². The number of methoxy groups -OCH3 is 1. The lowest BCUT2D eigenvalue weighted by atomic mass is 10.3. The van der Waals surface area contributed by atoms with Crippen LogP contribution in [0.15, 0.2) is 44.9 Å². The van der Waals surface area contributed by atoms with Crippen molar-refractivity contribution in [3.63, 3.8) is 0 Å². The second-order valence-corrected chi connectivity index (χ2v) is 5.97. The molecule has 2 rings (SSSR count). The maximum absolute atomic E-state index is 5.15. The number of halogens is 1. The first-order valence-corrected chi connectivity index (χ1v) is 7.92. The number of nitrogens with one attached hydrogen (secondary N) is 1. The number of aromatic nitrogens is 2. The van der Waals surface area contributed by atoms with Crippen LogP contribution in [-0.2, 0) is 0 Å². The Morgan fingerprint density at radius 2 is 2.05 bits per heavy atom. The molecule has 0 atom stereocenters. The summed E-state index contributed by atoms with van der Waals surface area (Å²) in [5, 5.41) is 4.08. The summed E-state index contributed by atoms with van der Waals surface area (Å²) >= 11 is 5.07. The van der Waals surface area contributed by atoms with Gasteiger partial charge in [0.2, 0.25) is 5.95 Å². The highest BCUT2D eigenvalue weighted by molar-refractivity contribution is 9.10. The highest BCUT2D eigenvalue weighted by atomic mass is 79.9. The molecule has 2 aromatic rings. The fraction of sp³-hybridized carbons (Fsp3) is 0.286. The van der Waals surface area contributed by atoms with Crippen LogP contribution in [0.2, 0.25) is 0 Å². The summed E-state index contributed by atoms with van der Waals surface area (Å²) in [6.07, 6.45) is 2.82. The Morgan fingerprint density at radius 1 is 1.30 bits per heavy atom. The molecule has 0 radical (unpaired) electrons. The average molecular weight is 354 g/mol. The Balaban J connectivity index is 2.14. The number of hydrogen-bond acceptors (Lipinski definition) is 5. The first-order chi connectivity index (χ1) is 9.72. The van der Waals surface area contributed by atoms with Crippen molar-refractivity contribution in [1.29, 1.82) is 0 Å². The molecule has 106 valence electrons. The van der Waals surface area contributed by atoms with Crippen molar-refractivity contribution in [3.05, 3.63) is 34.9 Å². The zero-order valence-electron chi connectivity index (χ0n) is 11.4. The van der Waals surface area contributed by atoms with Crippen LogP contribution in [0, 0.1) is 0 Å². The Kier molecular flexibility index (Phi) is 5.67. The summed E-state index contributed by atoms with van der Waals surface area (Å²) in [5.41, 5.74) is 0. The van der Waals surface area contributed by atoms with E-state index in [9.17, 15) is 0 Å². The molecule has 1 aromatic heterocycles. The Bertz CT molecular complexity index is 563. The molecular formula is C14H16BrN3OS. The van der Waals surface area contributed by atoms with Crippen molar-refractivity contribution in [1.82, 2.24) is 9.97 Å². The number of hydrogen-bond donors (Lipinski definition) is 1. The second-order valence-electron chi connectivity index (χ2n) is 4.05. The summed E-state index contributed by atoms with van der Waals surface area (Å²) < 4.78 is 6.04. The third-order valence-electron chi connectivity index (χ3n) is 2.52. The summed E-state index contributed by atoms with van der Waals surface area (Å²) in [6.45, 7) is 2.98. The van der Waals surface area contributed by atoms with E-state index in [1.165, 1.54) is 0 Å². The van der Waals surface area contributed by atoms with Gasteiger partial charge < -0.3 is 10.1 Å². The molecule has 0 aliphatic heterocycles. The van der Waals surface area contributed by atoms with E-state index in [2.05, 4.69) is 38.1 Å². The molecule has 0 unspecified atom stereocenters. The Morgan fingerprint density at radius 3 is 2.70 bits per heavy atom. The van der Waals surface area contributed by atoms with E-state index in [0.29, 0.717) is 5.95 Å². The molecule has 0 aliphatic rings. The summed E-state index contributed by atoms with van der Waals surface area (Å²) in [6, 6.07) is 7.90. The van der Waals surface area contributed by atoms with E-state index < -0.39 is 0 Å². The third kappa shape index (κ3) is 4.11. The van der Waals surface area contributed by atoms with Crippen LogP contribution in [0.3, 0.4) is 0 Å². The van der Waals surface area contributed by atoms with Gasteiger partial charge >= 0.3 is 0 Å². The third-order valence-corrected chi connectivity index (χ3v) is 4.37. The van der Waals surface area contributed by atoms with Gasteiger partial charge in [-0.05, 0) is 46.6 Å². The molecule has 0 aliphatic carbocycles. The summed E-state index contributed by atoms with van der Waals surface area (Å²) in [7, 11) is 1.66. The minimum absolute atomic E-state index is 0.658. The van der Waals surface area contributed by atoms with Crippen LogP contribution in [0.5, 0.6) is 5.75 Å². The molecule has 0 fully saturated rings.